The van der Waals surface area contributed by atoms with E-state index in [0.29, 0.717) is 19.7 Å². The maximum Gasteiger partial charge on any atom is 0.410 e. The fourth-order valence-corrected chi connectivity index (χ4v) is 6.06. The van der Waals surface area contributed by atoms with Gasteiger partial charge in [-0.1, -0.05) is 66.7 Å². The third-order valence-corrected chi connectivity index (χ3v) is 7.80. The van der Waals surface area contributed by atoms with Gasteiger partial charge in [0.15, 0.2) is 0 Å². The second kappa shape index (κ2) is 9.50. The van der Waals surface area contributed by atoms with E-state index in [4.69, 9.17) is 9.47 Å². The quantitative estimate of drug-likeness (QED) is 0.297. The summed E-state index contributed by atoms with van der Waals surface area (Å²) in [5, 5.41) is 5.22. The molecule has 4 aromatic carbocycles. The number of piperidine rings is 1. The summed E-state index contributed by atoms with van der Waals surface area (Å²) in [6, 6.07) is 26.3. The van der Waals surface area contributed by atoms with Crippen molar-refractivity contribution in [3.05, 3.63) is 95.1 Å². The van der Waals surface area contributed by atoms with Crippen LogP contribution in [0.25, 0.3) is 21.5 Å². The number of rotatable bonds is 4. The molecule has 1 amide bonds. The Morgan fingerprint density at radius 1 is 0.919 bits per heavy atom. The van der Waals surface area contributed by atoms with Crippen LogP contribution < -0.4 is 0 Å². The molecule has 4 heteroatoms. The first-order chi connectivity index (χ1) is 17.9. The maximum absolute atomic E-state index is 13.0. The molecule has 1 fully saturated rings. The van der Waals surface area contributed by atoms with Gasteiger partial charge in [-0.15, -0.1) is 0 Å². The van der Waals surface area contributed by atoms with Gasteiger partial charge in [0, 0.05) is 12.5 Å². The van der Waals surface area contributed by atoms with E-state index in [1.165, 1.54) is 38.2 Å². The van der Waals surface area contributed by atoms with Crippen molar-refractivity contribution in [1.82, 2.24) is 4.90 Å². The second-order valence-electron chi connectivity index (χ2n) is 11.5. The van der Waals surface area contributed by atoms with Crippen LogP contribution in [0.1, 0.15) is 55.4 Å². The highest BCUT2D eigenvalue weighted by molar-refractivity contribution is 5.93. The molecule has 4 aromatic rings. The molecule has 1 heterocycles. The van der Waals surface area contributed by atoms with Crippen LogP contribution in [0.5, 0.6) is 0 Å². The lowest BCUT2D eigenvalue weighted by Gasteiger charge is -2.39. The Hall–Kier alpha value is -3.37. The van der Waals surface area contributed by atoms with Gasteiger partial charge in [-0.2, -0.15) is 0 Å². The predicted octanol–water partition coefficient (Wildman–Crippen LogP) is 7.40. The van der Waals surface area contributed by atoms with E-state index in [1.54, 1.807) is 0 Å². The van der Waals surface area contributed by atoms with E-state index in [2.05, 4.69) is 72.8 Å². The van der Waals surface area contributed by atoms with Crippen LogP contribution in [-0.4, -0.2) is 35.8 Å². The Kier molecular flexibility index (Phi) is 6.16. The zero-order chi connectivity index (χ0) is 25.6. The molecule has 0 radical (unpaired) electrons. The number of nitrogens with zero attached hydrogens (tertiary/aromatic N) is 1. The zero-order valence-electron chi connectivity index (χ0n) is 22.0. The molecule has 2 aliphatic rings. The van der Waals surface area contributed by atoms with Crippen LogP contribution in [0.3, 0.4) is 0 Å². The Morgan fingerprint density at radius 3 is 2.51 bits per heavy atom. The Morgan fingerprint density at radius 2 is 1.70 bits per heavy atom. The topological polar surface area (TPSA) is 38.8 Å². The van der Waals surface area contributed by atoms with Crippen LogP contribution in [0.2, 0.25) is 0 Å². The zero-order valence-corrected chi connectivity index (χ0v) is 22.0. The first-order valence-electron chi connectivity index (χ1n) is 13.5. The fourth-order valence-electron chi connectivity index (χ4n) is 6.06. The number of hydrogen-bond donors (Lipinski definition) is 0. The Bertz CT molecular complexity index is 1460. The molecule has 37 heavy (non-hydrogen) atoms. The van der Waals surface area contributed by atoms with Gasteiger partial charge in [-0.3, -0.25) is 0 Å². The minimum atomic E-state index is -0.521. The lowest BCUT2D eigenvalue weighted by Crippen LogP contribution is -2.48. The summed E-state index contributed by atoms with van der Waals surface area (Å²) in [5.74, 6) is 0.212. The molecule has 0 N–H and O–H groups in total. The van der Waals surface area contributed by atoms with Gasteiger partial charge in [0.2, 0.25) is 0 Å². The van der Waals surface area contributed by atoms with Crippen LogP contribution in [0.15, 0.2) is 72.8 Å². The molecule has 6 rings (SSSR count). The van der Waals surface area contributed by atoms with E-state index >= 15 is 0 Å². The number of hydrogen-bond acceptors (Lipinski definition) is 3. The van der Waals surface area contributed by atoms with Gasteiger partial charge < -0.3 is 14.4 Å². The molecular weight excluding hydrogens is 458 g/mol. The molecule has 1 saturated heterocycles. The molecule has 190 valence electrons. The largest absolute Gasteiger partial charge is 0.444 e. The number of aryl methyl sites for hydroxylation is 2. The van der Waals surface area contributed by atoms with Gasteiger partial charge in [0.25, 0.3) is 0 Å². The molecule has 2 unspecified atom stereocenters. The number of likely N-dealkylation sites (tertiary alicyclic amines) is 1. The van der Waals surface area contributed by atoms with E-state index in [1.807, 2.05) is 25.7 Å². The number of carbonyl (C=O) groups is 1. The number of carbonyl (C=O) groups excluding carboxylic acids is 1. The van der Waals surface area contributed by atoms with E-state index in [0.717, 1.165) is 24.8 Å². The second-order valence-corrected chi connectivity index (χ2v) is 11.5. The highest BCUT2D eigenvalue weighted by Crippen LogP contribution is 2.40. The van der Waals surface area contributed by atoms with E-state index < -0.39 is 5.60 Å². The van der Waals surface area contributed by atoms with Crippen LogP contribution in [0, 0.1) is 0 Å². The molecular formula is C33H35NO3. The first-order valence-corrected chi connectivity index (χ1v) is 13.5. The van der Waals surface area contributed by atoms with Crippen LogP contribution in [-0.2, 0) is 28.9 Å². The van der Waals surface area contributed by atoms with Crippen molar-refractivity contribution >= 4 is 27.6 Å². The summed E-state index contributed by atoms with van der Waals surface area (Å²) in [5.41, 5.74) is 4.87. The summed E-state index contributed by atoms with van der Waals surface area (Å²) < 4.78 is 12.4. The van der Waals surface area contributed by atoms with Crippen LogP contribution in [0.4, 0.5) is 4.79 Å². The number of ether oxygens (including phenoxy) is 2. The van der Waals surface area contributed by atoms with Gasteiger partial charge >= 0.3 is 6.09 Å². The maximum atomic E-state index is 13.0. The summed E-state index contributed by atoms with van der Waals surface area (Å²) in [4.78, 5) is 14.8. The summed E-state index contributed by atoms with van der Waals surface area (Å²) in [7, 11) is 0. The van der Waals surface area contributed by atoms with E-state index in [9.17, 15) is 4.79 Å². The van der Waals surface area contributed by atoms with Crippen molar-refractivity contribution in [3.63, 3.8) is 0 Å². The van der Waals surface area contributed by atoms with Crippen molar-refractivity contribution in [2.24, 2.45) is 0 Å². The smallest absolute Gasteiger partial charge is 0.410 e. The van der Waals surface area contributed by atoms with Gasteiger partial charge in [-0.05, 0) is 89.9 Å². The van der Waals surface area contributed by atoms with Gasteiger partial charge in [0.1, 0.15) is 5.60 Å². The number of benzene rings is 4. The molecule has 4 nitrogen and oxygen atoms in total. The van der Waals surface area contributed by atoms with Gasteiger partial charge in [0.05, 0.1) is 19.3 Å². The number of fused-ring (bicyclic) bond motifs is 1. The van der Waals surface area contributed by atoms with Crippen LogP contribution >= 0.6 is 0 Å². The normalized spacial score (nSPS) is 19.5. The first kappa shape index (κ1) is 24.0. The average molecular weight is 494 g/mol. The lowest BCUT2D eigenvalue weighted by atomic mass is 9.83. The summed E-state index contributed by atoms with van der Waals surface area (Å²) in [6.45, 7) is 7.44. The van der Waals surface area contributed by atoms with Crippen molar-refractivity contribution in [1.29, 1.82) is 0 Å². The number of amides is 1. The standard InChI is InChI=1S/C33H35NO3/c1-33(2,3)37-32(35)34-18-17-28(27-16-15-25-14-13-24-9-6-10-29(27)31(24)25)30(20-34)36-21-22-11-12-23-7-4-5-8-26(23)19-22/h4-12,15-16,19,28,30H,13-14,17-18,20-21H2,1-3H3. The predicted molar refractivity (Wildman–Crippen MR) is 149 cm³/mol. The van der Waals surface area contributed by atoms with E-state index in [-0.39, 0.29) is 18.1 Å². The average Bonchev–Trinajstić information content (AvgIpc) is 3.31. The highest BCUT2D eigenvalue weighted by Gasteiger charge is 2.36. The summed E-state index contributed by atoms with van der Waals surface area (Å²) >= 11 is 0. The minimum absolute atomic E-state index is 0.119. The molecule has 0 bridgehead atoms. The SMILES string of the molecule is CC(C)(C)OC(=O)N1CCC(c2ccc3c4c(cccc24)CC3)C(OCc2ccc3ccccc3c2)C1. The molecule has 2 atom stereocenters. The molecule has 1 aliphatic heterocycles. The molecule has 1 aliphatic carbocycles. The lowest BCUT2D eigenvalue weighted by molar-refractivity contribution is -0.0357. The Balaban J connectivity index is 1.30. The van der Waals surface area contributed by atoms with Crippen molar-refractivity contribution < 1.29 is 14.3 Å². The minimum Gasteiger partial charge on any atom is -0.444 e. The third kappa shape index (κ3) is 4.83. The summed E-state index contributed by atoms with van der Waals surface area (Å²) in [6.07, 6.45) is 2.71. The monoisotopic (exact) mass is 493 g/mol. The molecule has 0 aromatic heterocycles. The van der Waals surface area contributed by atoms with Crippen molar-refractivity contribution in [2.75, 3.05) is 13.1 Å². The fraction of sp³-hybridized carbons (Fsp3) is 0.364. The third-order valence-electron chi connectivity index (χ3n) is 7.80. The van der Waals surface area contributed by atoms with Gasteiger partial charge in [-0.25, -0.2) is 4.79 Å². The molecule has 0 saturated carbocycles. The molecule has 0 spiro atoms. The highest BCUT2D eigenvalue weighted by atomic mass is 16.6. The van der Waals surface area contributed by atoms with Crippen molar-refractivity contribution in [2.45, 2.75) is 64.3 Å². The van der Waals surface area contributed by atoms with Crippen molar-refractivity contribution in [3.8, 4) is 0 Å². The Labute approximate surface area is 219 Å².